The number of amides is 1. The van der Waals surface area contributed by atoms with E-state index in [1.165, 1.54) is 11.1 Å². The van der Waals surface area contributed by atoms with Crippen LogP contribution >= 0.6 is 11.3 Å². The number of carbonyl (C=O) groups excluding carboxylic acids is 1. The molecule has 0 unspecified atom stereocenters. The van der Waals surface area contributed by atoms with Gasteiger partial charge in [-0.05, 0) is 59.9 Å². The van der Waals surface area contributed by atoms with E-state index in [9.17, 15) is 4.79 Å². The Kier molecular flexibility index (Phi) is 6.68. The van der Waals surface area contributed by atoms with E-state index in [0.29, 0.717) is 13.0 Å². The van der Waals surface area contributed by atoms with E-state index in [2.05, 4.69) is 55.2 Å². The van der Waals surface area contributed by atoms with Crippen molar-refractivity contribution >= 4 is 32.6 Å². The molecule has 4 nitrogen and oxygen atoms in total. The molecule has 0 saturated carbocycles. The molecule has 0 radical (unpaired) electrons. The number of aromatic nitrogens is 2. The molecule has 0 spiro atoms. The predicted octanol–water partition coefficient (Wildman–Crippen LogP) is 7.06. The highest BCUT2D eigenvalue weighted by atomic mass is 32.1. The monoisotopic (exact) mass is 477 g/mol. The number of rotatable bonds is 7. The minimum atomic E-state index is -0.0415. The summed E-state index contributed by atoms with van der Waals surface area (Å²) in [6, 6.07) is 28.7. The topological polar surface area (TPSA) is 46.1 Å². The van der Waals surface area contributed by atoms with Gasteiger partial charge in [-0.2, -0.15) is 0 Å². The van der Waals surface area contributed by atoms with Gasteiger partial charge in [-0.15, -0.1) is 0 Å². The van der Waals surface area contributed by atoms with Gasteiger partial charge in [0.15, 0.2) is 5.13 Å². The number of hydrogen-bond donors (Lipinski definition) is 0. The zero-order chi connectivity index (χ0) is 24.2. The van der Waals surface area contributed by atoms with Gasteiger partial charge in [0.25, 0.3) is 0 Å². The van der Waals surface area contributed by atoms with Crippen LogP contribution in [0.5, 0.6) is 0 Å². The molecule has 0 fully saturated rings. The quantitative estimate of drug-likeness (QED) is 0.252. The largest absolute Gasteiger partial charge is 0.284 e. The van der Waals surface area contributed by atoms with Crippen LogP contribution in [0.15, 0.2) is 97.3 Å². The molecule has 0 N–H and O–H groups in total. The summed E-state index contributed by atoms with van der Waals surface area (Å²) >= 11 is 1.57. The minimum Gasteiger partial charge on any atom is -0.284 e. The van der Waals surface area contributed by atoms with E-state index < -0.39 is 0 Å². The van der Waals surface area contributed by atoms with Gasteiger partial charge in [-0.1, -0.05) is 78.1 Å². The predicted molar refractivity (Wildman–Crippen MR) is 144 cm³/mol. The van der Waals surface area contributed by atoms with Crippen LogP contribution in [-0.4, -0.2) is 15.9 Å². The maximum Gasteiger partial charge on any atom is 0.230 e. The molecular weight excluding hydrogens is 450 g/mol. The van der Waals surface area contributed by atoms with Crippen molar-refractivity contribution in [1.82, 2.24) is 9.97 Å². The summed E-state index contributed by atoms with van der Waals surface area (Å²) in [6.45, 7) is 4.63. The molecule has 0 atom stereocenters. The van der Waals surface area contributed by atoms with Crippen molar-refractivity contribution in [2.45, 2.75) is 32.7 Å². The summed E-state index contributed by atoms with van der Waals surface area (Å²) in [5, 5.41) is 0.721. The highest BCUT2D eigenvalue weighted by molar-refractivity contribution is 7.22. The average Bonchev–Trinajstić information content (AvgIpc) is 3.29. The van der Waals surface area contributed by atoms with Gasteiger partial charge >= 0.3 is 0 Å². The Morgan fingerprint density at radius 1 is 0.886 bits per heavy atom. The van der Waals surface area contributed by atoms with Gasteiger partial charge in [-0.3, -0.25) is 14.7 Å². The fourth-order valence-electron chi connectivity index (χ4n) is 4.30. The van der Waals surface area contributed by atoms with Gasteiger partial charge < -0.3 is 0 Å². The summed E-state index contributed by atoms with van der Waals surface area (Å²) in [5.74, 6) is -0.000718. The van der Waals surface area contributed by atoms with Crippen molar-refractivity contribution in [3.05, 3.63) is 125 Å². The number of hydrogen-bond acceptors (Lipinski definition) is 4. The number of nitrogens with zero attached hydrogens (tertiary/aromatic N) is 3. The zero-order valence-corrected chi connectivity index (χ0v) is 20.7. The molecule has 3 aromatic carbocycles. The van der Waals surface area contributed by atoms with Crippen molar-refractivity contribution in [3.8, 4) is 0 Å². The molecule has 0 aliphatic heterocycles. The number of fused-ring (bicyclic) bond motifs is 1. The van der Waals surface area contributed by atoms with Gasteiger partial charge in [0.1, 0.15) is 0 Å². The SMILES string of the molecule is Cc1cc2nc(N(Cc3cccnc3)C(=O)CC(c3ccccc3)c3ccccc3)sc2cc1C. The van der Waals surface area contributed by atoms with Crippen molar-refractivity contribution in [2.75, 3.05) is 4.90 Å². The summed E-state index contributed by atoms with van der Waals surface area (Å²) in [7, 11) is 0. The summed E-state index contributed by atoms with van der Waals surface area (Å²) in [5.41, 5.74) is 6.59. The van der Waals surface area contributed by atoms with Crippen molar-refractivity contribution in [1.29, 1.82) is 0 Å². The lowest BCUT2D eigenvalue weighted by atomic mass is 9.88. The molecule has 35 heavy (non-hydrogen) atoms. The normalized spacial score (nSPS) is 11.2. The van der Waals surface area contributed by atoms with Gasteiger partial charge in [0, 0.05) is 24.7 Å². The molecule has 0 saturated heterocycles. The second-order valence-electron chi connectivity index (χ2n) is 8.82. The Hall–Kier alpha value is -3.83. The molecular formula is C30H27N3OS. The molecule has 0 bridgehead atoms. The highest BCUT2D eigenvalue weighted by Gasteiger charge is 2.25. The lowest BCUT2D eigenvalue weighted by Gasteiger charge is -2.24. The molecule has 0 aliphatic carbocycles. The first-order valence-corrected chi connectivity index (χ1v) is 12.6. The molecule has 5 aromatic rings. The van der Waals surface area contributed by atoms with Crippen LogP contribution in [-0.2, 0) is 11.3 Å². The molecule has 174 valence electrons. The minimum absolute atomic E-state index is 0.0408. The standard InChI is InChI=1S/C30H27N3OS/c1-21-16-27-28(17-22(21)2)35-30(32-27)33(20-23-10-9-15-31-19-23)29(34)18-26(24-11-5-3-6-12-24)25-13-7-4-8-14-25/h3-17,19,26H,18,20H2,1-2H3. The van der Waals surface area contributed by atoms with Gasteiger partial charge in [0.2, 0.25) is 5.91 Å². The van der Waals surface area contributed by atoms with Crippen LogP contribution in [0.1, 0.15) is 40.2 Å². The Bertz CT molecular complexity index is 1350. The van der Waals surface area contributed by atoms with Crippen LogP contribution in [0.3, 0.4) is 0 Å². The molecule has 0 aliphatic rings. The summed E-state index contributed by atoms with van der Waals surface area (Å²) < 4.78 is 1.09. The second-order valence-corrected chi connectivity index (χ2v) is 9.83. The molecule has 1 amide bonds. The lowest BCUT2D eigenvalue weighted by Crippen LogP contribution is -2.31. The van der Waals surface area contributed by atoms with E-state index in [4.69, 9.17) is 4.98 Å². The third-order valence-corrected chi connectivity index (χ3v) is 7.41. The van der Waals surface area contributed by atoms with Crippen molar-refractivity contribution in [3.63, 3.8) is 0 Å². The number of thiazole rings is 1. The number of benzene rings is 3. The second kappa shape index (κ2) is 10.2. The number of pyridine rings is 1. The first-order chi connectivity index (χ1) is 17.1. The molecule has 5 heteroatoms. The van der Waals surface area contributed by atoms with E-state index in [1.807, 2.05) is 59.6 Å². The molecule has 2 aromatic heterocycles. The van der Waals surface area contributed by atoms with Crippen LogP contribution in [0.4, 0.5) is 5.13 Å². The average molecular weight is 478 g/mol. The van der Waals surface area contributed by atoms with Crippen molar-refractivity contribution < 1.29 is 4.79 Å². The van der Waals surface area contributed by atoms with Crippen LogP contribution in [0.2, 0.25) is 0 Å². The van der Waals surface area contributed by atoms with Crippen LogP contribution in [0.25, 0.3) is 10.2 Å². The maximum absolute atomic E-state index is 14.0. The fraction of sp³-hybridized carbons (Fsp3) is 0.167. The Balaban J connectivity index is 1.53. The first kappa shape index (κ1) is 22.9. The highest BCUT2D eigenvalue weighted by Crippen LogP contribution is 2.34. The summed E-state index contributed by atoms with van der Waals surface area (Å²) in [4.78, 5) is 25.0. The lowest BCUT2D eigenvalue weighted by molar-refractivity contribution is -0.119. The van der Waals surface area contributed by atoms with E-state index >= 15 is 0 Å². The smallest absolute Gasteiger partial charge is 0.230 e. The fourth-order valence-corrected chi connectivity index (χ4v) is 5.37. The third-order valence-electron chi connectivity index (χ3n) is 6.37. The van der Waals surface area contributed by atoms with Crippen molar-refractivity contribution in [2.24, 2.45) is 0 Å². The van der Waals surface area contributed by atoms with Crippen LogP contribution < -0.4 is 4.90 Å². The Morgan fingerprint density at radius 2 is 1.54 bits per heavy atom. The zero-order valence-electron chi connectivity index (χ0n) is 19.9. The van der Waals surface area contributed by atoms with Gasteiger partial charge in [-0.25, -0.2) is 4.98 Å². The number of anilines is 1. The maximum atomic E-state index is 14.0. The number of carbonyl (C=O) groups is 1. The van der Waals surface area contributed by atoms with E-state index in [0.717, 1.165) is 32.0 Å². The van der Waals surface area contributed by atoms with Crippen LogP contribution in [0, 0.1) is 13.8 Å². The van der Waals surface area contributed by atoms with E-state index in [-0.39, 0.29) is 11.8 Å². The first-order valence-electron chi connectivity index (χ1n) is 11.8. The summed E-state index contributed by atoms with van der Waals surface area (Å²) in [6.07, 6.45) is 3.91. The Morgan fingerprint density at radius 3 is 2.17 bits per heavy atom. The third kappa shape index (κ3) is 5.15. The van der Waals surface area contributed by atoms with Gasteiger partial charge in [0.05, 0.1) is 16.8 Å². The molecule has 5 rings (SSSR count). The molecule has 2 heterocycles. The number of aryl methyl sites for hydroxylation is 2. The Labute approximate surface area is 209 Å². The van der Waals surface area contributed by atoms with E-state index in [1.54, 1.807) is 17.5 Å².